The highest BCUT2D eigenvalue weighted by Gasteiger charge is 2.36. The van der Waals surface area contributed by atoms with E-state index < -0.39 is 0 Å². The first kappa shape index (κ1) is 11.9. The molecular formula is C13H17N3OS. The SMILES string of the molecule is Cc1sc2nc(CNC3(C)CC3)[nH]c(=O)c2c1C. The van der Waals surface area contributed by atoms with Gasteiger partial charge in [-0.2, -0.15) is 0 Å². The van der Waals surface area contributed by atoms with Crippen molar-refractivity contribution in [1.29, 1.82) is 0 Å². The van der Waals surface area contributed by atoms with Crippen LogP contribution in [-0.2, 0) is 6.54 Å². The molecule has 0 radical (unpaired) electrons. The van der Waals surface area contributed by atoms with Gasteiger partial charge in [0.25, 0.3) is 5.56 Å². The van der Waals surface area contributed by atoms with Gasteiger partial charge in [0, 0.05) is 10.4 Å². The van der Waals surface area contributed by atoms with E-state index in [2.05, 4.69) is 22.2 Å². The minimum absolute atomic E-state index is 0.0143. The number of thiophene rings is 1. The summed E-state index contributed by atoms with van der Waals surface area (Å²) in [6.07, 6.45) is 2.41. The molecule has 0 atom stereocenters. The van der Waals surface area contributed by atoms with Crippen LogP contribution in [0.1, 0.15) is 36.0 Å². The lowest BCUT2D eigenvalue weighted by atomic mass is 10.2. The fourth-order valence-corrected chi connectivity index (χ4v) is 3.09. The molecule has 0 saturated heterocycles. The van der Waals surface area contributed by atoms with Crippen molar-refractivity contribution in [2.75, 3.05) is 0 Å². The number of nitrogens with one attached hydrogen (secondary N) is 2. The lowest BCUT2D eigenvalue weighted by molar-refractivity contribution is 0.525. The van der Waals surface area contributed by atoms with Crippen molar-refractivity contribution in [1.82, 2.24) is 15.3 Å². The molecule has 3 rings (SSSR count). The highest BCUT2D eigenvalue weighted by molar-refractivity contribution is 7.18. The predicted molar refractivity (Wildman–Crippen MR) is 74.2 cm³/mol. The van der Waals surface area contributed by atoms with E-state index in [1.165, 1.54) is 17.7 Å². The van der Waals surface area contributed by atoms with Crippen LogP contribution < -0.4 is 10.9 Å². The number of rotatable bonds is 3. The van der Waals surface area contributed by atoms with Crippen LogP contribution in [0.2, 0.25) is 0 Å². The molecule has 5 heteroatoms. The summed E-state index contributed by atoms with van der Waals surface area (Å²) in [6.45, 7) is 6.85. The summed E-state index contributed by atoms with van der Waals surface area (Å²) in [4.78, 5) is 21.5. The van der Waals surface area contributed by atoms with E-state index in [1.54, 1.807) is 11.3 Å². The van der Waals surface area contributed by atoms with Gasteiger partial charge >= 0.3 is 0 Å². The first-order valence-corrected chi connectivity index (χ1v) is 7.04. The van der Waals surface area contributed by atoms with Crippen LogP contribution in [0, 0.1) is 13.8 Å². The molecule has 0 unspecified atom stereocenters. The second kappa shape index (κ2) is 3.90. The van der Waals surface area contributed by atoms with Crippen LogP contribution in [0.25, 0.3) is 10.2 Å². The average Bonchev–Trinajstić information content (AvgIpc) is 2.97. The first-order chi connectivity index (χ1) is 8.48. The Kier molecular flexibility index (Phi) is 2.57. The van der Waals surface area contributed by atoms with Crippen molar-refractivity contribution >= 4 is 21.6 Å². The average molecular weight is 263 g/mol. The number of aromatic amines is 1. The summed E-state index contributed by atoms with van der Waals surface area (Å²) in [5.41, 5.74) is 1.30. The Labute approximate surface area is 109 Å². The van der Waals surface area contributed by atoms with Gasteiger partial charge in [-0.15, -0.1) is 11.3 Å². The number of aromatic nitrogens is 2. The van der Waals surface area contributed by atoms with Gasteiger partial charge in [0.05, 0.1) is 11.9 Å². The fourth-order valence-electron chi connectivity index (χ4n) is 2.04. The highest BCUT2D eigenvalue weighted by Crippen LogP contribution is 2.34. The Hall–Kier alpha value is -1.20. The molecule has 1 aliphatic rings. The van der Waals surface area contributed by atoms with Gasteiger partial charge in [-0.1, -0.05) is 0 Å². The molecular weight excluding hydrogens is 246 g/mol. The van der Waals surface area contributed by atoms with Gasteiger partial charge in [-0.3, -0.25) is 4.79 Å². The Morgan fingerprint density at radius 3 is 2.83 bits per heavy atom. The van der Waals surface area contributed by atoms with Gasteiger partial charge < -0.3 is 10.3 Å². The Balaban J connectivity index is 1.97. The molecule has 2 aromatic heterocycles. The molecule has 18 heavy (non-hydrogen) atoms. The lowest BCUT2D eigenvalue weighted by Crippen LogP contribution is -2.29. The van der Waals surface area contributed by atoms with E-state index in [4.69, 9.17) is 0 Å². The van der Waals surface area contributed by atoms with Crippen molar-refractivity contribution in [2.45, 2.75) is 45.7 Å². The molecule has 0 aromatic carbocycles. The zero-order valence-electron chi connectivity index (χ0n) is 10.9. The number of nitrogens with zero attached hydrogens (tertiary/aromatic N) is 1. The predicted octanol–water partition coefficient (Wildman–Crippen LogP) is 2.24. The van der Waals surface area contributed by atoms with E-state index in [1.807, 2.05) is 13.8 Å². The zero-order chi connectivity index (χ0) is 12.9. The number of H-pyrrole nitrogens is 1. The summed E-state index contributed by atoms with van der Waals surface area (Å²) < 4.78 is 0. The maximum absolute atomic E-state index is 12.1. The summed E-state index contributed by atoms with van der Waals surface area (Å²) in [5.74, 6) is 0.738. The highest BCUT2D eigenvalue weighted by atomic mass is 32.1. The van der Waals surface area contributed by atoms with Crippen molar-refractivity contribution < 1.29 is 0 Å². The quantitative estimate of drug-likeness (QED) is 0.893. The number of hydrogen-bond acceptors (Lipinski definition) is 4. The van der Waals surface area contributed by atoms with Crippen LogP contribution in [0.3, 0.4) is 0 Å². The van der Waals surface area contributed by atoms with Crippen molar-refractivity contribution in [3.8, 4) is 0 Å². The third kappa shape index (κ3) is 1.97. The van der Waals surface area contributed by atoms with Crippen LogP contribution >= 0.6 is 11.3 Å². The van der Waals surface area contributed by atoms with E-state index in [0.29, 0.717) is 6.54 Å². The summed E-state index contributed by atoms with van der Waals surface area (Å²) >= 11 is 1.60. The molecule has 1 fully saturated rings. The second-order valence-electron chi connectivity index (χ2n) is 5.39. The largest absolute Gasteiger partial charge is 0.309 e. The van der Waals surface area contributed by atoms with Gasteiger partial charge in [-0.05, 0) is 39.2 Å². The molecule has 4 nitrogen and oxygen atoms in total. The lowest BCUT2D eigenvalue weighted by Gasteiger charge is -2.10. The molecule has 2 heterocycles. The van der Waals surface area contributed by atoms with Gasteiger partial charge in [-0.25, -0.2) is 4.98 Å². The minimum atomic E-state index is -0.0143. The van der Waals surface area contributed by atoms with Gasteiger partial charge in [0.1, 0.15) is 10.7 Å². The summed E-state index contributed by atoms with van der Waals surface area (Å²) in [5, 5.41) is 4.18. The van der Waals surface area contributed by atoms with Crippen molar-refractivity contribution in [3.63, 3.8) is 0 Å². The molecule has 0 amide bonds. The monoisotopic (exact) mass is 263 g/mol. The summed E-state index contributed by atoms with van der Waals surface area (Å²) in [6, 6.07) is 0. The van der Waals surface area contributed by atoms with Crippen LogP contribution in [0.4, 0.5) is 0 Å². The minimum Gasteiger partial charge on any atom is -0.309 e. The molecule has 1 aliphatic carbocycles. The van der Waals surface area contributed by atoms with Crippen LogP contribution in [0.5, 0.6) is 0 Å². The number of fused-ring (bicyclic) bond motifs is 1. The standard InChI is InChI=1S/C13H17N3OS/c1-7-8(2)18-12-10(7)11(17)15-9(16-12)6-14-13(3)4-5-13/h14H,4-6H2,1-3H3,(H,15,16,17). The molecule has 0 aliphatic heterocycles. The molecule has 96 valence electrons. The Morgan fingerprint density at radius 1 is 1.44 bits per heavy atom. The van der Waals surface area contributed by atoms with E-state index in [0.717, 1.165) is 21.6 Å². The third-order valence-corrected chi connectivity index (χ3v) is 4.87. The second-order valence-corrected chi connectivity index (χ2v) is 6.59. The van der Waals surface area contributed by atoms with Crippen LogP contribution in [0.15, 0.2) is 4.79 Å². The van der Waals surface area contributed by atoms with E-state index >= 15 is 0 Å². The molecule has 0 bridgehead atoms. The number of aryl methyl sites for hydroxylation is 2. The van der Waals surface area contributed by atoms with Crippen LogP contribution in [-0.4, -0.2) is 15.5 Å². The van der Waals surface area contributed by atoms with E-state index in [-0.39, 0.29) is 11.1 Å². The Morgan fingerprint density at radius 2 is 2.17 bits per heavy atom. The molecule has 2 N–H and O–H groups in total. The maximum atomic E-state index is 12.1. The molecule has 1 saturated carbocycles. The number of hydrogen-bond donors (Lipinski definition) is 2. The maximum Gasteiger partial charge on any atom is 0.259 e. The first-order valence-electron chi connectivity index (χ1n) is 6.22. The van der Waals surface area contributed by atoms with Gasteiger partial charge in [0.2, 0.25) is 0 Å². The topological polar surface area (TPSA) is 57.8 Å². The fraction of sp³-hybridized carbons (Fsp3) is 0.538. The smallest absolute Gasteiger partial charge is 0.259 e. The normalized spacial score (nSPS) is 17.3. The Bertz CT molecular complexity index is 667. The van der Waals surface area contributed by atoms with Gasteiger partial charge in [0.15, 0.2) is 0 Å². The third-order valence-electron chi connectivity index (χ3n) is 3.77. The summed E-state index contributed by atoms with van der Waals surface area (Å²) in [7, 11) is 0. The van der Waals surface area contributed by atoms with E-state index in [9.17, 15) is 4.79 Å². The van der Waals surface area contributed by atoms with Crippen molar-refractivity contribution in [2.24, 2.45) is 0 Å². The van der Waals surface area contributed by atoms with Crippen molar-refractivity contribution in [3.05, 3.63) is 26.6 Å². The molecule has 0 spiro atoms. The zero-order valence-corrected chi connectivity index (χ0v) is 11.7. The molecule has 2 aromatic rings.